The van der Waals surface area contributed by atoms with E-state index in [-0.39, 0.29) is 5.69 Å². The summed E-state index contributed by atoms with van der Waals surface area (Å²) < 4.78 is 1.69. The molecule has 0 radical (unpaired) electrons. The number of hydrogen-bond donors (Lipinski definition) is 1. The Morgan fingerprint density at radius 3 is 3.00 bits per heavy atom. The van der Waals surface area contributed by atoms with Gasteiger partial charge in [-0.15, -0.1) is 16.7 Å². The molecule has 0 aromatic carbocycles. The largest absolute Gasteiger partial charge is 0.343 e. The number of halogens is 1. The molecule has 1 heterocycles. The van der Waals surface area contributed by atoms with Crippen molar-refractivity contribution in [1.82, 2.24) is 14.8 Å². The van der Waals surface area contributed by atoms with Crippen molar-refractivity contribution in [2.24, 2.45) is 0 Å². The lowest BCUT2D eigenvalue weighted by Gasteiger charge is -2.02. The van der Waals surface area contributed by atoms with Crippen molar-refractivity contribution in [2.45, 2.75) is 37.9 Å². The Hall–Kier alpha value is -0.420. The van der Waals surface area contributed by atoms with Crippen LogP contribution in [-0.2, 0) is 6.54 Å². The minimum absolute atomic E-state index is 0.114. The van der Waals surface area contributed by atoms with E-state index in [1.165, 1.54) is 0 Å². The SMILES string of the molecule is CCCn1c(SCCCCCl)n[nH]c1=O. The standard InChI is InChI=1S/C9H16ClN3OS/c1-2-6-13-8(14)11-12-9(13)15-7-4-3-5-10/h2-7H2,1H3,(H,11,14). The Labute approximate surface area is 98.4 Å². The lowest BCUT2D eigenvalue weighted by Crippen LogP contribution is -2.17. The molecule has 0 aliphatic carbocycles. The fraction of sp³-hybridized carbons (Fsp3) is 0.778. The zero-order valence-corrected chi connectivity index (χ0v) is 10.4. The van der Waals surface area contributed by atoms with E-state index in [1.54, 1.807) is 16.3 Å². The molecule has 0 aliphatic heterocycles. The van der Waals surface area contributed by atoms with Crippen LogP contribution >= 0.6 is 23.4 Å². The average molecular weight is 250 g/mol. The first-order chi connectivity index (χ1) is 7.29. The quantitative estimate of drug-likeness (QED) is 0.457. The number of aromatic amines is 1. The first-order valence-corrected chi connectivity index (χ1v) is 6.65. The molecule has 0 unspecified atom stereocenters. The van der Waals surface area contributed by atoms with Crippen LogP contribution in [0.4, 0.5) is 0 Å². The van der Waals surface area contributed by atoms with Gasteiger partial charge in [0.15, 0.2) is 5.16 Å². The van der Waals surface area contributed by atoms with Crippen LogP contribution < -0.4 is 5.69 Å². The molecule has 86 valence electrons. The van der Waals surface area contributed by atoms with Crippen LogP contribution in [0.5, 0.6) is 0 Å². The van der Waals surface area contributed by atoms with Gasteiger partial charge in [-0.25, -0.2) is 9.89 Å². The first kappa shape index (κ1) is 12.6. The maximum Gasteiger partial charge on any atom is 0.343 e. The molecule has 0 spiro atoms. The van der Waals surface area contributed by atoms with Gasteiger partial charge in [-0.2, -0.15) is 0 Å². The normalized spacial score (nSPS) is 10.8. The van der Waals surface area contributed by atoms with E-state index >= 15 is 0 Å². The molecule has 0 saturated carbocycles. The van der Waals surface area contributed by atoms with E-state index in [0.717, 1.165) is 36.7 Å². The highest BCUT2D eigenvalue weighted by molar-refractivity contribution is 7.99. The number of alkyl halides is 1. The first-order valence-electron chi connectivity index (χ1n) is 5.13. The van der Waals surface area contributed by atoms with Crippen LogP contribution in [0, 0.1) is 0 Å². The van der Waals surface area contributed by atoms with Crippen molar-refractivity contribution in [1.29, 1.82) is 0 Å². The summed E-state index contributed by atoms with van der Waals surface area (Å²) in [6.45, 7) is 2.77. The molecule has 1 aromatic rings. The van der Waals surface area contributed by atoms with Crippen LogP contribution in [0.1, 0.15) is 26.2 Å². The third-order valence-electron chi connectivity index (χ3n) is 1.93. The Morgan fingerprint density at radius 1 is 1.53 bits per heavy atom. The average Bonchev–Trinajstić information content (AvgIpc) is 2.57. The van der Waals surface area contributed by atoms with Crippen molar-refractivity contribution in [3.8, 4) is 0 Å². The maximum absolute atomic E-state index is 11.3. The van der Waals surface area contributed by atoms with E-state index < -0.39 is 0 Å². The topological polar surface area (TPSA) is 50.7 Å². The molecule has 1 N–H and O–H groups in total. The molecule has 0 aliphatic rings. The van der Waals surface area contributed by atoms with Crippen LogP contribution in [-0.4, -0.2) is 26.4 Å². The van der Waals surface area contributed by atoms with Crippen LogP contribution in [0.25, 0.3) is 0 Å². The third-order valence-corrected chi connectivity index (χ3v) is 3.26. The minimum Gasteiger partial charge on any atom is -0.270 e. The van der Waals surface area contributed by atoms with Gasteiger partial charge in [0.1, 0.15) is 0 Å². The highest BCUT2D eigenvalue weighted by Crippen LogP contribution is 2.15. The van der Waals surface area contributed by atoms with Gasteiger partial charge in [0.25, 0.3) is 0 Å². The van der Waals surface area contributed by atoms with Crippen molar-refractivity contribution >= 4 is 23.4 Å². The van der Waals surface area contributed by atoms with E-state index in [2.05, 4.69) is 10.2 Å². The van der Waals surface area contributed by atoms with Gasteiger partial charge < -0.3 is 0 Å². The predicted octanol–water partition coefficient (Wildman–Crippen LogP) is 2.09. The Balaban J connectivity index is 2.49. The Bertz CT molecular complexity index is 336. The van der Waals surface area contributed by atoms with Gasteiger partial charge in [0.2, 0.25) is 0 Å². The third kappa shape index (κ3) is 3.91. The number of thioether (sulfide) groups is 1. The van der Waals surface area contributed by atoms with Crippen molar-refractivity contribution < 1.29 is 0 Å². The van der Waals surface area contributed by atoms with Crippen LogP contribution in [0.3, 0.4) is 0 Å². The number of nitrogens with one attached hydrogen (secondary N) is 1. The maximum atomic E-state index is 11.3. The predicted molar refractivity (Wildman–Crippen MR) is 63.8 cm³/mol. The molecule has 15 heavy (non-hydrogen) atoms. The fourth-order valence-electron chi connectivity index (χ4n) is 1.19. The molecule has 0 saturated heterocycles. The minimum atomic E-state index is -0.114. The van der Waals surface area contributed by atoms with E-state index in [4.69, 9.17) is 11.6 Å². The van der Waals surface area contributed by atoms with Gasteiger partial charge in [0, 0.05) is 18.2 Å². The van der Waals surface area contributed by atoms with E-state index in [9.17, 15) is 4.79 Å². The molecule has 1 rings (SSSR count). The summed E-state index contributed by atoms with van der Waals surface area (Å²) in [5.74, 6) is 1.66. The summed E-state index contributed by atoms with van der Waals surface area (Å²) in [6.07, 6.45) is 3.01. The zero-order valence-electron chi connectivity index (χ0n) is 8.83. The lowest BCUT2D eigenvalue weighted by molar-refractivity contribution is 0.603. The van der Waals surface area contributed by atoms with Crippen molar-refractivity contribution in [2.75, 3.05) is 11.6 Å². The fourth-order valence-corrected chi connectivity index (χ4v) is 2.35. The van der Waals surface area contributed by atoms with Gasteiger partial charge in [-0.3, -0.25) is 4.57 Å². The molecule has 6 heteroatoms. The number of nitrogens with zero attached hydrogens (tertiary/aromatic N) is 2. The molecule has 0 atom stereocenters. The van der Waals surface area contributed by atoms with E-state index in [0.29, 0.717) is 5.88 Å². The summed E-state index contributed by atoms with van der Waals surface area (Å²) in [6, 6.07) is 0. The Kier molecular flexibility index (Phi) is 5.86. The Morgan fingerprint density at radius 2 is 2.33 bits per heavy atom. The molecule has 0 amide bonds. The number of unbranched alkanes of at least 4 members (excludes halogenated alkanes) is 1. The van der Waals surface area contributed by atoms with Gasteiger partial charge in [-0.1, -0.05) is 18.7 Å². The molecular formula is C9H16ClN3OS. The second kappa shape index (κ2) is 6.95. The van der Waals surface area contributed by atoms with Crippen LogP contribution in [0.2, 0.25) is 0 Å². The highest BCUT2D eigenvalue weighted by atomic mass is 35.5. The molecule has 0 bridgehead atoms. The summed E-state index contributed by atoms with van der Waals surface area (Å²) in [4.78, 5) is 11.3. The second-order valence-corrected chi connectivity index (χ2v) is 4.65. The summed E-state index contributed by atoms with van der Waals surface area (Å²) in [7, 11) is 0. The summed E-state index contributed by atoms with van der Waals surface area (Å²) in [5.41, 5.74) is -0.114. The second-order valence-electron chi connectivity index (χ2n) is 3.21. The van der Waals surface area contributed by atoms with Gasteiger partial charge >= 0.3 is 5.69 Å². The smallest absolute Gasteiger partial charge is 0.270 e. The lowest BCUT2D eigenvalue weighted by atomic mass is 10.4. The van der Waals surface area contributed by atoms with Gasteiger partial charge in [-0.05, 0) is 19.3 Å². The number of hydrogen-bond acceptors (Lipinski definition) is 3. The molecule has 4 nitrogen and oxygen atoms in total. The van der Waals surface area contributed by atoms with Crippen molar-refractivity contribution in [3.05, 3.63) is 10.5 Å². The zero-order chi connectivity index (χ0) is 11.1. The highest BCUT2D eigenvalue weighted by Gasteiger charge is 2.06. The number of rotatable bonds is 7. The molecular weight excluding hydrogens is 234 g/mol. The molecule has 1 aromatic heterocycles. The molecule has 0 fully saturated rings. The number of H-pyrrole nitrogens is 1. The van der Waals surface area contributed by atoms with Crippen LogP contribution in [0.15, 0.2) is 9.95 Å². The van der Waals surface area contributed by atoms with Crippen molar-refractivity contribution in [3.63, 3.8) is 0 Å². The monoisotopic (exact) mass is 249 g/mol. The van der Waals surface area contributed by atoms with Gasteiger partial charge in [0.05, 0.1) is 0 Å². The summed E-state index contributed by atoms with van der Waals surface area (Å²) >= 11 is 7.19. The van der Waals surface area contributed by atoms with E-state index in [1.807, 2.05) is 6.92 Å². The summed E-state index contributed by atoms with van der Waals surface area (Å²) in [5, 5.41) is 7.25. The number of aromatic nitrogens is 3.